The zero-order chi connectivity index (χ0) is 18.5. The molecule has 1 atom stereocenters. The summed E-state index contributed by atoms with van der Waals surface area (Å²) in [6.07, 6.45) is 3.66. The van der Waals surface area contributed by atoms with E-state index in [1.165, 1.54) is 24.8 Å². The number of aromatic nitrogens is 2. The van der Waals surface area contributed by atoms with Gasteiger partial charge in [0.2, 0.25) is 5.91 Å². The van der Waals surface area contributed by atoms with Gasteiger partial charge in [-0.3, -0.25) is 14.4 Å². The lowest BCUT2D eigenvalue weighted by Gasteiger charge is -2.32. The smallest absolute Gasteiger partial charge is 0.234 e. The molecular formula is C21H30N4O. The molecule has 3 rings (SSSR count). The molecule has 1 aromatic heterocycles. The predicted octanol–water partition coefficient (Wildman–Crippen LogP) is 3.04. The Balaban J connectivity index is 1.58. The topological polar surface area (TPSA) is 50.2 Å². The summed E-state index contributed by atoms with van der Waals surface area (Å²) in [4.78, 5) is 14.7. The molecule has 0 saturated carbocycles. The minimum atomic E-state index is 0.105. The number of carbonyl (C=O) groups is 1. The minimum absolute atomic E-state index is 0.105. The van der Waals surface area contributed by atoms with Crippen molar-refractivity contribution in [2.75, 3.05) is 13.1 Å². The Morgan fingerprint density at radius 3 is 2.73 bits per heavy atom. The van der Waals surface area contributed by atoms with Gasteiger partial charge in [-0.1, -0.05) is 36.8 Å². The molecule has 5 heteroatoms. The summed E-state index contributed by atoms with van der Waals surface area (Å²) in [7, 11) is 0. The molecule has 140 valence electrons. The van der Waals surface area contributed by atoms with E-state index in [9.17, 15) is 4.79 Å². The predicted molar refractivity (Wildman–Crippen MR) is 104 cm³/mol. The second kappa shape index (κ2) is 8.49. The number of nitrogens with one attached hydrogen (secondary N) is 1. The van der Waals surface area contributed by atoms with Crippen LogP contribution in [0.3, 0.4) is 0 Å². The lowest BCUT2D eigenvalue weighted by Crippen LogP contribution is -2.44. The first-order chi connectivity index (χ1) is 12.5. The summed E-state index contributed by atoms with van der Waals surface area (Å²) >= 11 is 0. The van der Waals surface area contributed by atoms with Crippen molar-refractivity contribution in [2.24, 2.45) is 0 Å². The van der Waals surface area contributed by atoms with Crippen LogP contribution in [0.4, 0.5) is 0 Å². The Hall–Kier alpha value is -2.14. The molecule has 1 aliphatic heterocycles. The van der Waals surface area contributed by atoms with Crippen molar-refractivity contribution in [3.8, 4) is 0 Å². The zero-order valence-electron chi connectivity index (χ0n) is 16.2. The number of piperidine rings is 1. The van der Waals surface area contributed by atoms with Crippen LogP contribution in [0.25, 0.3) is 0 Å². The van der Waals surface area contributed by atoms with Crippen molar-refractivity contribution in [3.05, 3.63) is 52.8 Å². The highest BCUT2D eigenvalue weighted by Crippen LogP contribution is 2.17. The second-order valence-corrected chi connectivity index (χ2v) is 7.38. The molecular weight excluding hydrogens is 324 g/mol. The van der Waals surface area contributed by atoms with Crippen molar-refractivity contribution in [3.63, 3.8) is 0 Å². The summed E-state index contributed by atoms with van der Waals surface area (Å²) in [5.74, 6) is 0.105. The first-order valence-electron chi connectivity index (χ1n) is 9.62. The number of amides is 1. The van der Waals surface area contributed by atoms with Crippen molar-refractivity contribution in [2.45, 2.75) is 59.2 Å². The molecule has 1 saturated heterocycles. The van der Waals surface area contributed by atoms with E-state index in [2.05, 4.69) is 41.3 Å². The number of hydrogen-bond donors (Lipinski definition) is 1. The summed E-state index contributed by atoms with van der Waals surface area (Å²) in [5.41, 5.74) is 4.47. The number of carbonyl (C=O) groups excluding carboxylic acids is 1. The van der Waals surface area contributed by atoms with E-state index in [1.54, 1.807) is 0 Å². The van der Waals surface area contributed by atoms with Crippen LogP contribution in [-0.4, -0.2) is 39.7 Å². The Bertz CT molecular complexity index is 738. The molecule has 2 aromatic rings. The van der Waals surface area contributed by atoms with Gasteiger partial charge >= 0.3 is 0 Å². The van der Waals surface area contributed by atoms with Gasteiger partial charge in [-0.05, 0) is 45.7 Å². The van der Waals surface area contributed by atoms with Gasteiger partial charge in [-0.15, -0.1) is 0 Å². The molecule has 0 spiro atoms. The van der Waals surface area contributed by atoms with Gasteiger partial charge < -0.3 is 5.32 Å². The molecule has 0 unspecified atom stereocenters. The zero-order valence-corrected chi connectivity index (χ0v) is 16.2. The van der Waals surface area contributed by atoms with Crippen LogP contribution in [-0.2, 0) is 17.9 Å². The van der Waals surface area contributed by atoms with Gasteiger partial charge in [0.25, 0.3) is 0 Å². The summed E-state index contributed by atoms with van der Waals surface area (Å²) < 4.78 is 2.03. The first-order valence-corrected chi connectivity index (χ1v) is 9.62. The highest BCUT2D eigenvalue weighted by molar-refractivity contribution is 5.78. The number of aryl methyl sites for hydroxylation is 1. The minimum Gasteiger partial charge on any atom is -0.351 e. The number of nitrogens with zero attached hydrogens (tertiary/aromatic N) is 3. The molecule has 1 amide bonds. The van der Waals surface area contributed by atoms with Crippen molar-refractivity contribution < 1.29 is 4.79 Å². The lowest BCUT2D eigenvalue weighted by molar-refractivity contribution is -0.123. The third-order valence-electron chi connectivity index (χ3n) is 5.46. The average Bonchev–Trinajstić information content (AvgIpc) is 2.89. The maximum absolute atomic E-state index is 12.4. The Labute approximate surface area is 156 Å². The monoisotopic (exact) mass is 354 g/mol. The number of hydrogen-bond acceptors (Lipinski definition) is 3. The van der Waals surface area contributed by atoms with Crippen LogP contribution >= 0.6 is 0 Å². The van der Waals surface area contributed by atoms with E-state index in [4.69, 9.17) is 0 Å². The SMILES string of the molecule is Cc1nn(Cc2ccccc2)c(C)c1CNC(=O)CN1CCCC[C@H]1C. The van der Waals surface area contributed by atoms with Crippen LogP contribution in [0, 0.1) is 13.8 Å². The first kappa shape index (κ1) is 18.6. The fourth-order valence-corrected chi connectivity index (χ4v) is 3.72. The van der Waals surface area contributed by atoms with E-state index in [0.717, 1.165) is 30.0 Å². The molecule has 5 nitrogen and oxygen atoms in total. The summed E-state index contributed by atoms with van der Waals surface area (Å²) in [6, 6.07) is 10.8. The van der Waals surface area contributed by atoms with Gasteiger partial charge in [0, 0.05) is 23.8 Å². The van der Waals surface area contributed by atoms with Crippen molar-refractivity contribution in [1.29, 1.82) is 0 Å². The average molecular weight is 354 g/mol. The normalized spacial score (nSPS) is 18.0. The third kappa shape index (κ3) is 4.52. The molecule has 1 fully saturated rings. The van der Waals surface area contributed by atoms with E-state index in [-0.39, 0.29) is 5.91 Å². The fraction of sp³-hybridized carbons (Fsp3) is 0.524. The van der Waals surface area contributed by atoms with Gasteiger partial charge in [0.15, 0.2) is 0 Å². The molecule has 1 aliphatic rings. The van der Waals surface area contributed by atoms with Crippen molar-refractivity contribution >= 4 is 5.91 Å². The van der Waals surface area contributed by atoms with Crippen LogP contribution < -0.4 is 5.32 Å². The van der Waals surface area contributed by atoms with Crippen LogP contribution in [0.5, 0.6) is 0 Å². The maximum Gasteiger partial charge on any atom is 0.234 e. The fourth-order valence-electron chi connectivity index (χ4n) is 3.72. The quantitative estimate of drug-likeness (QED) is 0.867. The van der Waals surface area contributed by atoms with Crippen molar-refractivity contribution in [1.82, 2.24) is 20.0 Å². The largest absolute Gasteiger partial charge is 0.351 e. The Kier molecular flexibility index (Phi) is 6.09. The molecule has 1 aromatic carbocycles. The van der Waals surface area contributed by atoms with Gasteiger partial charge in [-0.25, -0.2) is 0 Å². The lowest BCUT2D eigenvalue weighted by atomic mass is 10.0. The molecule has 26 heavy (non-hydrogen) atoms. The standard InChI is InChI=1S/C21H30N4O/c1-16-9-7-8-12-24(16)15-21(26)22-13-20-17(2)23-25(18(20)3)14-19-10-5-4-6-11-19/h4-6,10-11,16H,7-9,12-15H2,1-3H3,(H,22,26)/t16-/m1/s1. The summed E-state index contributed by atoms with van der Waals surface area (Å²) in [6.45, 7) is 9.15. The second-order valence-electron chi connectivity index (χ2n) is 7.38. The Morgan fingerprint density at radius 1 is 1.23 bits per heavy atom. The molecule has 0 radical (unpaired) electrons. The van der Waals surface area contributed by atoms with E-state index in [0.29, 0.717) is 19.1 Å². The highest BCUT2D eigenvalue weighted by Gasteiger charge is 2.21. The van der Waals surface area contributed by atoms with E-state index < -0.39 is 0 Å². The number of benzene rings is 1. The maximum atomic E-state index is 12.4. The molecule has 1 N–H and O–H groups in total. The number of likely N-dealkylation sites (tertiary alicyclic amines) is 1. The van der Waals surface area contributed by atoms with Gasteiger partial charge in [0.05, 0.1) is 18.8 Å². The van der Waals surface area contributed by atoms with E-state index >= 15 is 0 Å². The van der Waals surface area contributed by atoms with Gasteiger partial charge in [0.1, 0.15) is 0 Å². The van der Waals surface area contributed by atoms with Crippen LogP contribution in [0.15, 0.2) is 30.3 Å². The van der Waals surface area contributed by atoms with Crippen LogP contribution in [0.1, 0.15) is 48.7 Å². The van der Waals surface area contributed by atoms with Crippen LogP contribution in [0.2, 0.25) is 0 Å². The molecule has 0 bridgehead atoms. The van der Waals surface area contributed by atoms with Gasteiger partial charge in [-0.2, -0.15) is 5.10 Å². The Morgan fingerprint density at radius 2 is 2.00 bits per heavy atom. The molecule has 0 aliphatic carbocycles. The highest BCUT2D eigenvalue weighted by atomic mass is 16.2. The third-order valence-corrected chi connectivity index (χ3v) is 5.46. The number of rotatable bonds is 6. The molecule has 2 heterocycles. The summed E-state index contributed by atoms with van der Waals surface area (Å²) in [5, 5.41) is 7.76. The van der Waals surface area contributed by atoms with E-state index in [1.807, 2.05) is 29.8 Å².